The Morgan fingerprint density at radius 1 is 1.33 bits per heavy atom. The minimum atomic E-state index is -0.387. The molecular formula is C15H13N3O3. The van der Waals surface area contributed by atoms with Crippen LogP contribution in [0.1, 0.15) is 5.56 Å². The average Bonchev–Trinajstić information content (AvgIpc) is 2.90. The molecule has 0 unspecified atom stereocenters. The molecule has 3 rings (SSSR count). The van der Waals surface area contributed by atoms with E-state index in [1.54, 1.807) is 25.4 Å². The van der Waals surface area contributed by atoms with Gasteiger partial charge in [0.05, 0.1) is 24.1 Å². The third-order valence-corrected chi connectivity index (χ3v) is 3.35. The van der Waals surface area contributed by atoms with Crippen molar-refractivity contribution in [1.82, 2.24) is 9.55 Å². The van der Waals surface area contributed by atoms with Crippen molar-refractivity contribution in [1.29, 1.82) is 0 Å². The molecule has 0 aliphatic heterocycles. The van der Waals surface area contributed by atoms with E-state index in [0.29, 0.717) is 12.4 Å². The molecule has 0 radical (unpaired) electrons. The molecule has 0 bridgehead atoms. The van der Waals surface area contributed by atoms with Crippen LogP contribution in [0.5, 0.6) is 5.88 Å². The number of fused-ring (bicyclic) bond motifs is 1. The normalized spacial score (nSPS) is 10.7. The van der Waals surface area contributed by atoms with Crippen LogP contribution in [0.3, 0.4) is 0 Å². The first-order chi connectivity index (χ1) is 10.2. The Hall–Kier alpha value is -2.89. The molecule has 0 N–H and O–H groups in total. The number of nitro benzene ring substituents is 1. The Morgan fingerprint density at radius 3 is 2.95 bits per heavy atom. The Balaban J connectivity index is 2.04. The van der Waals surface area contributed by atoms with Gasteiger partial charge in [0.2, 0.25) is 5.88 Å². The molecular weight excluding hydrogens is 270 g/mol. The van der Waals surface area contributed by atoms with Gasteiger partial charge in [-0.15, -0.1) is 0 Å². The zero-order chi connectivity index (χ0) is 14.8. The summed E-state index contributed by atoms with van der Waals surface area (Å²) in [6.45, 7) is 0.543. The molecule has 0 saturated carbocycles. The maximum absolute atomic E-state index is 10.9. The molecule has 21 heavy (non-hydrogen) atoms. The molecule has 106 valence electrons. The number of non-ortho nitro benzene ring substituents is 1. The SMILES string of the molecule is COc1ncccc1Cn1ccc2ccc([N+](=O)[O-])cc21. The number of benzene rings is 1. The van der Waals surface area contributed by atoms with Crippen LogP contribution in [0.4, 0.5) is 5.69 Å². The molecule has 0 aliphatic rings. The lowest BCUT2D eigenvalue weighted by Crippen LogP contribution is -2.02. The van der Waals surface area contributed by atoms with E-state index in [1.165, 1.54) is 6.07 Å². The minimum Gasteiger partial charge on any atom is -0.481 e. The topological polar surface area (TPSA) is 70.2 Å². The minimum absolute atomic E-state index is 0.0839. The van der Waals surface area contributed by atoms with Crippen molar-refractivity contribution < 1.29 is 9.66 Å². The fourth-order valence-corrected chi connectivity index (χ4v) is 2.34. The summed E-state index contributed by atoms with van der Waals surface area (Å²) in [7, 11) is 1.57. The van der Waals surface area contributed by atoms with Crippen LogP contribution in [0, 0.1) is 10.1 Å². The summed E-state index contributed by atoms with van der Waals surface area (Å²) in [6.07, 6.45) is 3.57. The van der Waals surface area contributed by atoms with E-state index in [2.05, 4.69) is 4.98 Å². The molecule has 0 spiro atoms. The highest BCUT2D eigenvalue weighted by molar-refractivity contribution is 5.82. The first kappa shape index (κ1) is 13.1. The van der Waals surface area contributed by atoms with E-state index in [4.69, 9.17) is 4.74 Å². The van der Waals surface area contributed by atoms with Crippen molar-refractivity contribution >= 4 is 16.6 Å². The monoisotopic (exact) mass is 283 g/mol. The van der Waals surface area contributed by atoms with Gasteiger partial charge in [-0.2, -0.15) is 0 Å². The summed E-state index contributed by atoms with van der Waals surface area (Å²) >= 11 is 0. The first-order valence-corrected chi connectivity index (χ1v) is 6.40. The average molecular weight is 283 g/mol. The number of methoxy groups -OCH3 is 1. The lowest BCUT2D eigenvalue weighted by Gasteiger charge is -2.09. The summed E-state index contributed by atoms with van der Waals surface area (Å²) in [5.74, 6) is 0.560. The Labute approximate surface area is 120 Å². The molecule has 3 aromatic rings. The lowest BCUT2D eigenvalue weighted by molar-refractivity contribution is -0.384. The standard InChI is InChI=1S/C15H13N3O3/c1-21-15-12(3-2-7-16-15)10-17-8-6-11-4-5-13(18(19)20)9-14(11)17/h2-9H,10H2,1H3. The zero-order valence-electron chi connectivity index (χ0n) is 11.4. The molecule has 2 aromatic heterocycles. The zero-order valence-corrected chi connectivity index (χ0v) is 11.4. The van der Waals surface area contributed by atoms with E-state index in [1.807, 2.05) is 29.0 Å². The van der Waals surface area contributed by atoms with Gasteiger partial charge in [0.1, 0.15) is 0 Å². The van der Waals surface area contributed by atoms with Crippen molar-refractivity contribution in [2.75, 3.05) is 7.11 Å². The quantitative estimate of drug-likeness (QED) is 0.545. The number of aromatic nitrogens is 2. The van der Waals surface area contributed by atoms with Crippen LogP contribution in [-0.4, -0.2) is 21.6 Å². The van der Waals surface area contributed by atoms with Crippen LogP contribution >= 0.6 is 0 Å². The number of nitro groups is 1. The number of hydrogen-bond donors (Lipinski definition) is 0. The molecule has 6 heteroatoms. The molecule has 0 saturated heterocycles. The first-order valence-electron chi connectivity index (χ1n) is 6.40. The third kappa shape index (κ3) is 2.43. The number of pyridine rings is 1. The predicted octanol–water partition coefficient (Wildman–Crippen LogP) is 3.00. The summed E-state index contributed by atoms with van der Waals surface area (Å²) in [6, 6.07) is 10.5. The summed E-state index contributed by atoms with van der Waals surface area (Å²) < 4.78 is 7.18. The van der Waals surface area contributed by atoms with Gasteiger partial charge in [0, 0.05) is 35.5 Å². The van der Waals surface area contributed by atoms with Gasteiger partial charge in [-0.05, 0) is 18.2 Å². The van der Waals surface area contributed by atoms with E-state index in [0.717, 1.165) is 16.5 Å². The number of nitrogens with zero attached hydrogens (tertiary/aromatic N) is 3. The van der Waals surface area contributed by atoms with Gasteiger partial charge in [-0.3, -0.25) is 10.1 Å². The van der Waals surface area contributed by atoms with Crippen molar-refractivity contribution in [3.63, 3.8) is 0 Å². The maximum Gasteiger partial charge on any atom is 0.271 e. The van der Waals surface area contributed by atoms with Crippen LogP contribution in [0.2, 0.25) is 0 Å². The highest BCUT2D eigenvalue weighted by Crippen LogP contribution is 2.24. The smallest absolute Gasteiger partial charge is 0.271 e. The number of hydrogen-bond acceptors (Lipinski definition) is 4. The van der Waals surface area contributed by atoms with E-state index >= 15 is 0 Å². The molecule has 0 fully saturated rings. The molecule has 1 aromatic carbocycles. The second-order valence-corrected chi connectivity index (χ2v) is 4.62. The molecule has 6 nitrogen and oxygen atoms in total. The van der Waals surface area contributed by atoms with Gasteiger partial charge >= 0.3 is 0 Å². The van der Waals surface area contributed by atoms with E-state index < -0.39 is 0 Å². The van der Waals surface area contributed by atoms with Gasteiger partial charge in [-0.25, -0.2) is 4.98 Å². The Morgan fingerprint density at radius 2 is 2.19 bits per heavy atom. The summed E-state index contributed by atoms with van der Waals surface area (Å²) in [4.78, 5) is 14.7. The van der Waals surface area contributed by atoms with Crippen LogP contribution in [0.25, 0.3) is 10.9 Å². The van der Waals surface area contributed by atoms with E-state index in [9.17, 15) is 10.1 Å². The van der Waals surface area contributed by atoms with Crippen LogP contribution < -0.4 is 4.74 Å². The Kier molecular flexibility index (Phi) is 3.27. The highest BCUT2D eigenvalue weighted by atomic mass is 16.6. The Bertz CT molecular complexity index is 811. The molecule has 0 atom stereocenters. The molecule has 2 heterocycles. The molecule has 0 amide bonds. The van der Waals surface area contributed by atoms with Gasteiger partial charge in [0.25, 0.3) is 5.69 Å². The van der Waals surface area contributed by atoms with Crippen molar-refractivity contribution in [3.05, 3.63) is 64.5 Å². The third-order valence-electron chi connectivity index (χ3n) is 3.35. The van der Waals surface area contributed by atoms with Gasteiger partial charge in [0.15, 0.2) is 0 Å². The number of rotatable bonds is 4. The van der Waals surface area contributed by atoms with E-state index in [-0.39, 0.29) is 10.6 Å². The second kappa shape index (κ2) is 5.24. The second-order valence-electron chi connectivity index (χ2n) is 4.62. The highest BCUT2D eigenvalue weighted by Gasteiger charge is 2.11. The lowest BCUT2D eigenvalue weighted by atomic mass is 10.2. The number of ether oxygens (including phenoxy) is 1. The fourth-order valence-electron chi connectivity index (χ4n) is 2.34. The van der Waals surface area contributed by atoms with Gasteiger partial charge in [-0.1, -0.05) is 6.07 Å². The molecule has 0 aliphatic carbocycles. The van der Waals surface area contributed by atoms with Crippen molar-refractivity contribution in [2.24, 2.45) is 0 Å². The van der Waals surface area contributed by atoms with Crippen molar-refractivity contribution in [3.8, 4) is 5.88 Å². The van der Waals surface area contributed by atoms with Crippen LogP contribution in [0.15, 0.2) is 48.8 Å². The van der Waals surface area contributed by atoms with Gasteiger partial charge < -0.3 is 9.30 Å². The summed E-state index contributed by atoms with van der Waals surface area (Å²) in [5, 5.41) is 11.9. The maximum atomic E-state index is 10.9. The van der Waals surface area contributed by atoms with Crippen LogP contribution in [-0.2, 0) is 6.54 Å². The fraction of sp³-hybridized carbons (Fsp3) is 0.133. The summed E-state index contributed by atoms with van der Waals surface area (Å²) in [5.41, 5.74) is 1.82. The predicted molar refractivity (Wildman–Crippen MR) is 78.5 cm³/mol. The van der Waals surface area contributed by atoms with Crippen molar-refractivity contribution in [2.45, 2.75) is 6.54 Å². The largest absolute Gasteiger partial charge is 0.481 e.